The number of hydrogen-bond acceptors (Lipinski definition) is 9. The first-order valence-corrected chi connectivity index (χ1v) is 14.7. The van der Waals surface area contributed by atoms with Crippen molar-refractivity contribution in [3.8, 4) is 5.75 Å². The molecular formula is C27H33F3N6O4S. The number of aliphatic carboxylic acids is 1. The monoisotopic (exact) mass is 594 g/mol. The number of rotatable bonds is 11. The fourth-order valence-corrected chi connectivity index (χ4v) is 5.46. The first-order chi connectivity index (χ1) is 19.7. The molecule has 41 heavy (non-hydrogen) atoms. The molecule has 2 N–H and O–H groups in total. The predicted octanol–water partition coefficient (Wildman–Crippen LogP) is 4.29. The summed E-state index contributed by atoms with van der Waals surface area (Å²) in [5.74, 6) is 1.02. The zero-order valence-electron chi connectivity index (χ0n) is 22.5. The number of halogens is 3. The molecular weight excluding hydrogens is 561 g/mol. The molecule has 1 saturated heterocycles. The molecule has 3 aromatic rings. The maximum absolute atomic E-state index is 10.6. The molecule has 0 amide bonds. The van der Waals surface area contributed by atoms with Crippen LogP contribution in [-0.4, -0.2) is 67.2 Å². The quantitative estimate of drug-likeness (QED) is 0.332. The number of alkyl halides is 3. The van der Waals surface area contributed by atoms with E-state index in [1.807, 2.05) is 46.8 Å². The van der Waals surface area contributed by atoms with Crippen molar-refractivity contribution in [1.82, 2.24) is 30.5 Å². The second-order valence-electron chi connectivity index (χ2n) is 9.86. The summed E-state index contributed by atoms with van der Waals surface area (Å²) in [7, 11) is 0. The second kappa shape index (κ2) is 14.6. The third-order valence-corrected chi connectivity index (χ3v) is 7.68. The van der Waals surface area contributed by atoms with Crippen LogP contribution in [-0.2, 0) is 29.2 Å². The third kappa shape index (κ3) is 8.88. The van der Waals surface area contributed by atoms with Crippen molar-refractivity contribution < 1.29 is 32.5 Å². The van der Waals surface area contributed by atoms with E-state index in [-0.39, 0.29) is 6.04 Å². The molecule has 2 aromatic heterocycles. The van der Waals surface area contributed by atoms with Gasteiger partial charge in [0.1, 0.15) is 12.4 Å². The van der Waals surface area contributed by atoms with Crippen LogP contribution in [0.3, 0.4) is 0 Å². The Bertz CT molecular complexity index is 1250. The van der Waals surface area contributed by atoms with Crippen LogP contribution in [0.5, 0.6) is 5.75 Å². The fraction of sp³-hybridized carbons (Fsp3) is 0.519. The number of aryl methyl sites for hydroxylation is 1. The zero-order valence-corrected chi connectivity index (χ0v) is 23.4. The lowest BCUT2D eigenvalue weighted by Crippen LogP contribution is -2.37. The number of carboxylic acid groups (broad SMARTS) is 1. The second-order valence-corrected chi connectivity index (χ2v) is 10.8. The lowest BCUT2D eigenvalue weighted by Gasteiger charge is -2.34. The summed E-state index contributed by atoms with van der Waals surface area (Å²) in [6.07, 6.45) is 2.64. The minimum absolute atomic E-state index is 0.0857. The van der Waals surface area contributed by atoms with Crippen molar-refractivity contribution in [1.29, 1.82) is 0 Å². The van der Waals surface area contributed by atoms with Crippen LogP contribution in [0.1, 0.15) is 42.4 Å². The summed E-state index contributed by atoms with van der Waals surface area (Å²) in [5, 5.41) is 23.7. The largest absolute Gasteiger partial charge is 0.490 e. The molecule has 14 heteroatoms. The van der Waals surface area contributed by atoms with Gasteiger partial charge in [0.2, 0.25) is 0 Å². The maximum Gasteiger partial charge on any atom is 0.490 e. The normalized spacial score (nSPS) is 20.6. The Morgan fingerprint density at radius 3 is 2.83 bits per heavy atom. The van der Waals surface area contributed by atoms with Crippen molar-refractivity contribution in [3.63, 3.8) is 0 Å². The number of benzene rings is 1. The average Bonchev–Trinajstić information content (AvgIpc) is 3.59. The molecule has 2 aliphatic rings. The fourth-order valence-electron chi connectivity index (χ4n) is 5.11. The van der Waals surface area contributed by atoms with Crippen molar-refractivity contribution >= 4 is 17.7 Å². The van der Waals surface area contributed by atoms with E-state index < -0.39 is 12.1 Å². The van der Waals surface area contributed by atoms with Crippen LogP contribution in [0.15, 0.2) is 48.7 Å². The predicted molar refractivity (Wildman–Crippen MR) is 145 cm³/mol. The SMILES string of the molecule is CSCCn1nnnc1C(NCc1cccc(OCc2ccccn2)c1)[C@@H]1CC[C@H]2C[C@@H]1CO2.O=C(O)C(F)(F)F. The van der Waals surface area contributed by atoms with Gasteiger partial charge in [0, 0.05) is 18.5 Å². The van der Waals surface area contributed by atoms with Crippen LogP contribution in [0.2, 0.25) is 0 Å². The summed E-state index contributed by atoms with van der Waals surface area (Å²) in [5.41, 5.74) is 2.08. The first-order valence-electron chi connectivity index (χ1n) is 13.3. The zero-order chi connectivity index (χ0) is 29.2. The van der Waals surface area contributed by atoms with Crippen LogP contribution in [0.4, 0.5) is 13.2 Å². The van der Waals surface area contributed by atoms with Crippen LogP contribution < -0.4 is 10.1 Å². The molecule has 2 fully saturated rings. The molecule has 1 aliphatic carbocycles. The molecule has 1 aromatic carbocycles. The van der Waals surface area contributed by atoms with Crippen LogP contribution in [0.25, 0.3) is 0 Å². The molecule has 0 spiro atoms. The number of pyridine rings is 1. The van der Waals surface area contributed by atoms with E-state index in [4.69, 9.17) is 19.4 Å². The van der Waals surface area contributed by atoms with Gasteiger partial charge in [0.15, 0.2) is 5.82 Å². The van der Waals surface area contributed by atoms with Crippen molar-refractivity contribution in [2.45, 2.75) is 57.3 Å². The Labute approximate surface area is 240 Å². The van der Waals surface area contributed by atoms with E-state index in [9.17, 15) is 13.2 Å². The van der Waals surface area contributed by atoms with Gasteiger partial charge < -0.3 is 19.9 Å². The molecule has 1 unspecified atom stereocenters. The summed E-state index contributed by atoms with van der Waals surface area (Å²) in [6, 6.07) is 14.2. The molecule has 3 heterocycles. The first kappa shape index (κ1) is 30.7. The highest BCUT2D eigenvalue weighted by molar-refractivity contribution is 7.98. The minimum atomic E-state index is -5.08. The van der Waals surface area contributed by atoms with Gasteiger partial charge in [0.05, 0.1) is 31.0 Å². The lowest BCUT2D eigenvalue weighted by atomic mass is 9.76. The number of aromatic nitrogens is 5. The summed E-state index contributed by atoms with van der Waals surface area (Å²) < 4.78 is 45.7. The van der Waals surface area contributed by atoms with Crippen LogP contribution in [0, 0.1) is 11.8 Å². The van der Waals surface area contributed by atoms with Gasteiger partial charge in [-0.2, -0.15) is 24.9 Å². The van der Waals surface area contributed by atoms with Gasteiger partial charge in [-0.05, 0) is 77.6 Å². The van der Waals surface area contributed by atoms with E-state index in [0.29, 0.717) is 31.1 Å². The Morgan fingerprint density at radius 1 is 1.27 bits per heavy atom. The highest BCUT2D eigenvalue weighted by Gasteiger charge is 2.42. The van der Waals surface area contributed by atoms with Crippen molar-refractivity contribution in [2.24, 2.45) is 11.8 Å². The molecule has 222 valence electrons. The molecule has 1 saturated carbocycles. The number of fused-ring (bicyclic) bond motifs is 2. The number of nitrogens with zero attached hydrogens (tertiary/aromatic N) is 5. The van der Waals surface area contributed by atoms with Gasteiger partial charge in [-0.3, -0.25) is 4.98 Å². The minimum Gasteiger partial charge on any atom is -0.487 e. The van der Waals surface area contributed by atoms with Gasteiger partial charge in [0.25, 0.3) is 0 Å². The standard InChI is InChI=1S/C25H32N6O2S.C2HF3O2/c1-34-12-11-31-25(28-29-30-31)24(23-9-8-22-14-19(23)16-32-22)27-15-18-5-4-7-21(13-18)33-17-20-6-2-3-10-26-20;3-2(4,5)1(6)7/h2-7,10,13,19,22-24,27H,8-9,11-12,14-17H2,1H3;(H,6,7)/t19-,22+,23-,24?;/m1./s1. The number of ether oxygens (including phenoxy) is 2. The number of hydrogen-bond donors (Lipinski definition) is 2. The molecule has 1 aliphatic heterocycles. The Balaban J connectivity index is 0.000000493. The highest BCUT2D eigenvalue weighted by atomic mass is 32.2. The van der Waals surface area contributed by atoms with E-state index in [1.165, 1.54) is 5.56 Å². The maximum atomic E-state index is 10.6. The Kier molecular flexibility index (Phi) is 10.9. The summed E-state index contributed by atoms with van der Waals surface area (Å²) in [4.78, 5) is 13.2. The van der Waals surface area contributed by atoms with Gasteiger partial charge in [-0.25, -0.2) is 9.48 Å². The van der Waals surface area contributed by atoms with Gasteiger partial charge in [-0.1, -0.05) is 18.2 Å². The van der Waals surface area contributed by atoms with Gasteiger partial charge >= 0.3 is 12.1 Å². The number of thioether (sulfide) groups is 1. The molecule has 10 nitrogen and oxygen atoms in total. The summed E-state index contributed by atoms with van der Waals surface area (Å²) in [6.45, 7) is 2.83. The van der Waals surface area contributed by atoms with Crippen molar-refractivity contribution in [3.05, 3.63) is 65.7 Å². The number of tetrazole rings is 1. The van der Waals surface area contributed by atoms with E-state index in [1.54, 1.807) is 6.20 Å². The average molecular weight is 595 g/mol. The molecule has 0 radical (unpaired) electrons. The Hall–Kier alpha value is -3.23. The number of nitrogens with one attached hydrogen (secondary N) is 1. The number of carbonyl (C=O) groups is 1. The molecule has 2 bridgehead atoms. The summed E-state index contributed by atoms with van der Waals surface area (Å²) >= 11 is 1.81. The third-order valence-electron chi connectivity index (χ3n) is 7.09. The van der Waals surface area contributed by atoms with E-state index >= 15 is 0 Å². The molecule has 5 rings (SSSR count). The van der Waals surface area contributed by atoms with Gasteiger partial charge in [-0.15, -0.1) is 5.10 Å². The Morgan fingerprint density at radius 2 is 2.10 bits per heavy atom. The van der Waals surface area contributed by atoms with E-state index in [2.05, 4.69) is 44.2 Å². The van der Waals surface area contributed by atoms with Crippen LogP contribution >= 0.6 is 11.8 Å². The number of carboxylic acids is 1. The van der Waals surface area contributed by atoms with E-state index in [0.717, 1.165) is 55.4 Å². The lowest BCUT2D eigenvalue weighted by molar-refractivity contribution is -0.192. The van der Waals surface area contributed by atoms with Crippen molar-refractivity contribution in [2.75, 3.05) is 18.6 Å². The highest BCUT2D eigenvalue weighted by Crippen LogP contribution is 2.43. The smallest absolute Gasteiger partial charge is 0.487 e. The molecule has 4 atom stereocenters. The topological polar surface area (TPSA) is 124 Å².